The average Bonchev–Trinajstić information content (AvgIpc) is 3.04. The largest absolute Gasteiger partial charge is 0.416 e. The summed E-state index contributed by atoms with van der Waals surface area (Å²) in [6, 6.07) is 5.77. The third-order valence-electron chi connectivity index (χ3n) is 5.81. The number of hydrogen-bond donors (Lipinski definition) is 1. The molecule has 1 saturated heterocycles. The molecule has 1 aromatic carbocycles. The molecule has 3 heterocycles. The number of piperidine rings is 1. The highest BCUT2D eigenvalue weighted by molar-refractivity contribution is 5.94. The molecule has 1 aromatic heterocycles. The van der Waals surface area contributed by atoms with Gasteiger partial charge in [-0.3, -0.25) is 9.48 Å². The van der Waals surface area contributed by atoms with Crippen molar-refractivity contribution in [1.82, 2.24) is 20.0 Å². The number of likely N-dealkylation sites (tertiary alicyclic amines) is 1. The van der Waals surface area contributed by atoms with Crippen molar-refractivity contribution >= 4 is 5.91 Å². The third kappa shape index (κ3) is 3.41. The van der Waals surface area contributed by atoms with Crippen LogP contribution in [0.15, 0.2) is 24.3 Å². The van der Waals surface area contributed by atoms with Crippen LogP contribution in [-0.4, -0.2) is 40.2 Å². The molecule has 0 atom stereocenters. The molecule has 5 nitrogen and oxygen atoms in total. The molecule has 28 heavy (non-hydrogen) atoms. The number of aromatic nitrogens is 2. The van der Waals surface area contributed by atoms with Gasteiger partial charge in [-0.2, -0.15) is 18.3 Å². The SMILES string of the molecule is Cn1nc(C(=O)N2CCC(c3ccccc3C(F)(F)F)CC2)c2c1CNCC2. The molecule has 0 spiro atoms. The van der Waals surface area contributed by atoms with Gasteiger partial charge in [0, 0.05) is 32.2 Å². The first-order valence-corrected chi connectivity index (χ1v) is 9.57. The lowest BCUT2D eigenvalue weighted by Crippen LogP contribution is -2.39. The van der Waals surface area contributed by atoms with Crippen molar-refractivity contribution in [2.75, 3.05) is 19.6 Å². The van der Waals surface area contributed by atoms with E-state index in [1.54, 1.807) is 21.7 Å². The van der Waals surface area contributed by atoms with Gasteiger partial charge in [0.2, 0.25) is 0 Å². The maximum absolute atomic E-state index is 13.3. The average molecular weight is 392 g/mol. The molecule has 2 aliphatic heterocycles. The Morgan fingerprint density at radius 3 is 2.64 bits per heavy atom. The van der Waals surface area contributed by atoms with E-state index in [1.807, 2.05) is 7.05 Å². The Morgan fingerprint density at radius 2 is 1.93 bits per heavy atom. The molecule has 150 valence electrons. The van der Waals surface area contributed by atoms with Crippen LogP contribution in [0.5, 0.6) is 0 Å². The van der Waals surface area contributed by atoms with Gasteiger partial charge in [0.25, 0.3) is 5.91 Å². The molecule has 0 aliphatic carbocycles. The summed E-state index contributed by atoms with van der Waals surface area (Å²) >= 11 is 0. The van der Waals surface area contributed by atoms with Crippen molar-refractivity contribution in [2.45, 2.75) is 37.9 Å². The van der Waals surface area contributed by atoms with E-state index in [2.05, 4.69) is 10.4 Å². The van der Waals surface area contributed by atoms with Crippen molar-refractivity contribution in [1.29, 1.82) is 0 Å². The minimum absolute atomic E-state index is 0.110. The van der Waals surface area contributed by atoms with Crippen molar-refractivity contribution < 1.29 is 18.0 Å². The minimum atomic E-state index is -4.36. The zero-order valence-corrected chi connectivity index (χ0v) is 15.7. The fourth-order valence-electron chi connectivity index (χ4n) is 4.33. The predicted octanol–water partition coefficient (Wildman–Crippen LogP) is 3.10. The number of nitrogens with one attached hydrogen (secondary N) is 1. The quantitative estimate of drug-likeness (QED) is 0.855. The number of benzene rings is 1. The van der Waals surface area contributed by atoms with E-state index in [0.717, 1.165) is 30.3 Å². The van der Waals surface area contributed by atoms with Crippen molar-refractivity contribution in [3.63, 3.8) is 0 Å². The van der Waals surface area contributed by atoms with Gasteiger partial charge in [-0.05, 0) is 43.4 Å². The zero-order chi connectivity index (χ0) is 19.9. The van der Waals surface area contributed by atoms with Crippen LogP contribution < -0.4 is 5.32 Å². The van der Waals surface area contributed by atoms with Crippen LogP contribution in [-0.2, 0) is 26.2 Å². The van der Waals surface area contributed by atoms with E-state index < -0.39 is 11.7 Å². The highest BCUT2D eigenvalue weighted by atomic mass is 19.4. The van der Waals surface area contributed by atoms with Gasteiger partial charge in [0.1, 0.15) is 0 Å². The second-order valence-corrected chi connectivity index (χ2v) is 7.48. The first-order valence-electron chi connectivity index (χ1n) is 9.57. The number of amides is 1. The summed E-state index contributed by atoms with van der Waals surface area (Å²) in [4.78, 5) is 14.7. The molecular weight excluding hydrogens is 369 g/mol. The minimum Gasteiger partial charge on any atom is -0.337 e. The van der Waals surface area contributed by atoms with Crippen LogP contribution in [0.1, 0.15) is 51.6 Å². The number of nitrogens with zero attached hydrogens (tertiary/aromatic N) is 3. The molecule has 0 unspecified atom stereocenters. The van der Waals surface area contributed by atoms with E-state index in [0.29, 0.717) is 43.7 Å². The van der Waals surface area contributed by atoms with Crippen LogP contribution in [0, 0.1) is 0 Å². The molecule has 1 amide bonds. The lowest BCUT2D eigenvalue weighted by atomic mass is 9.86. The Morgan fingerprint density at radius 1 is 1.21 bits per heavy atom. The summed E-state index contributed by atoms with van der Waals surface area (Å²) in [5, 5.41) is 7.70. The zero-order valence-electron chi connectivity index (χ0n) is 15.7. The predicted molar refractivity (Wildman–Crippen MR) is 97.9 cm³/mol. The Bertz CT molecular complexity index is 882. The van der Waals surface area contributed by atoms with Gasteiger partial charge >= 0.3 is 6.18 Å². The number of alkyl halides is 3. The molecule has 4 rings (SSSR count). The molecule has 8 heteroatoms. The van der Waals surface area contributed by atoms with Crippen LogP contribution in [0.2, 0.25) is 0 Å². The molecule has 2 aliphatic rings. The molecular formula is C20H23F3N4O. The normalized spacial score (nSPS) is 18.2. The number of carbonyl (C=O) groups excluding carboxylic acids is 1. The van der Waals surface area contributed by atoms with Crippen molar-refractivity contribution in [3.05, 3.63) is 52.3 Å². The molecule has 1 N–H and O–H groups in total. The number of rotatable bonds is 2. The molecule has 2 aromatic rings. The van der Waals surface area contributed by atoms with Gasteiger partial charge in [0.05, 0.1) is 11.3 Å². The van der Waals surface area contributed by atoms with E-state index >= 15 is 0 Å². The summed E-state index contributed by atoms with van der Waals surface area (Å²) in [6.07, 6.45) is -2.55. The number of carbonyl (C=O) groups is 1. The maximum atomic E-state index is 13.3. The summed E-state index contributed by atoms with van der Waals surface area (Å²) in [7, 11) is 1.84. The number of halogens is 3. The second kappa shape index (κ2) is 7.24. The maximum Gasteiger partial charge on any atom is 0.416 e. The standard InChI is InChI=1S/C20H23F3N4O/c1-26-17-12-24-9-6-15(17)18(25-26)19(28)27-10-7-13(8-11-27)14-4-2-3-5-16(14)20(21,22)23/h2-5,13,24H,6-12H2,1H3. The van der Waals surface area contributed by atoms with Crippen molar-refractivity contribution in [3.8, 4) is 0 Å². The van der Waals surface area contributed by atoms with Crippen LogP contribution in [0.25, 0.3) is 0 Å². The molecule has 0 radical (unpaired) electrons. The topological polar surface area (TPSA) is 50.2 Å². The van der Waals surface area contributed by atoms with Crippen LogP contribution >= 0.6 is 0 Å². The highest BCUT2D eigenvalue weighted by Gasteiger charge is 2.36. The lowest BCUT2D eigenvalue weighted by molar-refractivity contribution is -0.138. The summed E-state index contributed by atoms with van der Waals surface area (Å²) < 4.78 is 41.7. The van der Waals surface area contributed by atoms with Gasteiger partial charge in [-0.25, -0.2) is 0 Å². The lowest BCUT2D eigenvalue weighted by Gasteiger charge is -2.33. The molecule has 1 fully saturated rings. The monoisotopic (exact) mass is 392 g/mol. The highest BCUT2D eigenvalue weighted by Crippen LogP contribution is 2.38. The van der Waals surface area contributed by atoms with Gasteiger partial charge < -0.3 is 10.2 Å². The Kier molecular flexibility index (Phi) is 4.91. The van der Waals surface area contributed by atoms with E-state index in [9.17, 15) is 18.0 Å². The Balaban J connectivity index is 1.49. The summed E-state index contributed by atoms with van der Waals surface area (Å²) in [5.74, 6) is -0.301. The van der Waals surface area contributed by atoms with E-state index in [4.69, 9.17) is 0 Å². The summed E-state index contributed by atoms with van der Waals surface area (Å²) in [6.45, 7) is 2.40. The van der Waals surface area contributed by atoms with Crippen LogP contribution in [0.4, 0.5) is 13.2 Å². The fourth-order valence-corrected chi connectivity index (χ4v) is 4.33. The summed E-state index contributed by atoms with van der Waals surface area (Å²) in [5.41, 5.74) is 2.29. The molecule has 0 bridgehead atoms. The smallest absolute Gasteiger partial charge is 0.337 e. The van der Waals surface area contributed by atoms with Gasteiger partial charge in [-0.15, -0.1) is 0 Å². The number of hydrogen-bond acceptors (Lipinski definition) is 3. The second-order valence-electron chi connectivity index (χ2n) is 7.48. The van der Waals surface area contributed by atoms with Gasteiger partial charge in [0.15, 0.2) is 5.69 Å². The molecule has 0 saturated carbocycles. The van der Waals surface area contributed by atoms with E-state index in [1.165, 1.54) is 6.07 Å². The first kappa shape index (κ1) is 19.0. The first-order chi connectivity index (χ1) is 13.4. The van der Waals surface area contributed by atoms with Crippen LogP contribution in [0.3, 0.4) is 0 Å². The van der Waals surface area contributed by atoms with Gasteiger partial charge in [-0.1, -0.05) is 18.2 Å². The number of fused-ring (bicyclic) bond motifs is 1. The number of aryl methyl sites for hydroxylation is 1. The fraction of sp³-hybridized carbons (Fsp3) is 0.500. The van der Waals surface area contributed by atoms with E-state index in [-0.39, 0.29) is 11.8 Å². The Hall–Kier alpha value is -2.35. The van der Waals surface area contributed by atoms with Crippen molar-refractivity contribution in [2.24, 2.45) is 7.05 Å². The third-order valence-corrected chi connectivity index (χ3v) is 5.81. The Labute approximate surface area is 161 Å².